The van der Waals surface area contributed by atoms with E-state index >= 15 is 0 Å². The van der Waals surface area contributed by atoms with E-state index in [0.29, 0.717) is 5.82 Å². The first kappa shape index (κ1) is 21.6. The number of nitrogens with zero attached hydrogens (tertiary/aromatic N) is 6. The van der Waals surface area contributed by atoms with Gasteiger partial charge in [-0.25, -0.2) is 22.9 Å². The number of pyridine rings is 1. The SMILES string of the molecule is CCC1(Nc2ccnc3c(-c4nc5cc(C(F)(F)F)ccn5n4)c(S(=O)(=O)CC)nn23)CC1. The highest BCUT2D eigenvalue weighted by Crippen LogP contribution is 2.42. The highest BCUT2D eigenvalue weighted by atomic mass is 32.2. The summed E-state index contributed by atoms with van der Waals surface area (Å²) in [6.45, 7) is 3.55. The lowest BCUT2D eigenvalue weighted by atomic mass is 10.2. The molecule has 0 amide bonds. The fourth-order valence-corrected chi connectivity index (χ4v) is 4.70. The van der Waals surface area contributed by atoms with Crippen molar-refractivity contribution >= 4 is 26.9 Å². The smallest absolute Gasteiger partial charge is 0.364 e. The molecule has 0 aliphatic heterocycles. The molecule has 0 aromatic carbocycles. The van der Waals surface area contributed by atoms with Gasteiger partial charge in [0.2, 0.25) is 0 Å². The van der Waals surface area contributed by atoms with Crippen molar-refractivity contribution < 1.29 is 21.6 Å². The van der Waals surface area contributed by atoms with Crippen LogP contribution in [0.15, 0.2) is 35.6 Å². The summed E-state index contributed by atoms with van der Waals surface area (Å²) >= 11 is 0. The lowest BCUT2D eigenvalue weighted by Gasteiger charge is -2.16. The summed E-state index contributed by atoms with van der Waals surface area (Å²) in [5.74, 6) is 0.274. The molecular weight excluding hydrogens is 459 g/mol. The second-order valence-corrected chi connectivity index (χ2v) is 10.3. The van der Waals surface area contributed by atoms with Crippen LogP contribution in [0.25, 0.3) is 22.7 Å². The van der Waals surface area contributed by atoms with Crippen LogP contribution in [0.3, 0.4) is 0 Å². The maximum absolute atomic E-state index is 13.1. The topological polar surface area (TPSA) is 107 Å². The van der Waals surface area contributed by atoms with E-state index in [0.717, 1.165) is 42.1 Å². The van der Waals surface area contributed by atoms with Gasteiger partial charge >= 0.3 is 6.18 Å². The Hall–Kier alpha value is -3.22. The minimum Gasteiger partial charge on any atom is -0.364 e. The molecular formula is C20H20F3N7O2S. The molecule has 1 fully saturated rings. The van der Waals surface area contributed by atoms with E-state index in [1.54, 1.807) is 6.07 Å². The van der Waals surface area contributed by atoms with Gasteiger partial charge in [-0.2, -0.15) is 22.8 Å². The van der Waals surface area contributed by atoms with Crippen molar-refractivity contribution in [1.82, 2.24) is 29.2 Å². The number of alkyl halides is 3. The summed E-state index contributed by atoms with van der Waals surface area (Å²) in [7, 11) is -3.83. The van der Waals surface area contributed by atoms with Crippen molar-refractivity contribution in [3.63, 3.8) is 0 Å². The molecule has 9 nitrogen and oxygen atoms in total. The lowest BCUT2D eigenvalue weighted by Crippen LogP contribution is -2.21. The van der Waals surface area contributed by atoms with Gasteiger partial charge in [0.1, 0.15) is 11.4 Å². The molecule has 0 radical (unpaired) electrons. The monoisotopic (exact) mass is 479 g/mol. The van der Waals surface area contributed by atoms with Crippen molar-refractivity contribution in [2.45, 2.75) is 49.9 Å². The first-order valence-electron chi connectivity index (χ1n) is 10.4. The van der Waals surface area contributed by atoms with Crippen LogP contribution in [0.5, 0.6) is 0 Å². The van der Waals surface area contributed by atoms with Crippen LogP contribution in [0.4, 0.5) is 19.0 Å². The van der Waals surface area contributed by atoms with Gasteiger partial charge in [-0.15, -0.1) is 5.10 Å². The average Bonchev–Trinajstić information content (AvgIpc) is 3.24. The number of sulfone groups is 1. The van der Waals surface area contributed by atoms with Crippen LogP contribution < -0.4 is 5.32 Å². The summed E-state index contributed by atoms with van der Waals surface area (Å²) in [5, 5.41) is 11.7. The molecule has 5 rings (SSSR count). The zero-order valence-corrected chi connectivity index (χ0v) is 18.6. The first-order chi connectivity index (χ1) is 15.6. The molecule has 0 unspecified atom stereocenters. The van der Waals surface area contributed by atoms with Crippen LogP contribution in [0.1, 0.15) is 38.7 Å². The number of nitrogens with one attached hydrogen (secondary N) is 1. The maximum Gasteiger partial charge on any atom is 0.416 e. The Labute approximate surface area is 186 Å². The third-order valence-corrected chi connectivity index (χ3v) is 7.61. The summed E-state index contributed by atoms with van der Waals surface area (Å²) in [6, 6.07) is 3.44. The molecule has 0 saturated heterocycles. The van der Waals surface area contributed by atoms with E-state index in [-0.39, 0.29) is 39.0 Å². The van der Waals surface area contributed by atoms with Gasteiger partial charge in [-0.05, 0) is 37.5 Å². The number of hydrogen-bond donors (Lipinski definition) is 1. The highest BCUT2D eigenvalue weighted by Gasteiger charge is 2.41. The van der Waals surface area contributed by atoms with E-state index in [1.165, 1.54) is 17.6 Å². The van der Waals surface area contributed by atoms with Gasteiger partial charge < -0.3 is 5.32 Å². The minimum atomic E-state index is -4.55. The summed E-state index contributed by atoms with van der Waals surface area (Å²) in [4.78, 5) is 8.51. The van der Waals surface area contributed by atoms with E-state index in [2.05, 4.69) is 32.4 Å². The lowest BCUT2D eigenvalue weighted by molar-refractivity contribution is -0.137. The van der Waals surface area contributed by atoms with E-state index in [9.17, 15) is 21.6 Å². The zero-order chi connectivity index (χ0) is 23.6. The molecule has 33 heavy (non-hydrogen) atoms. The van der Waals surface area contributed by atoms with Crippen LogP contribution in [0.2, 0.25) is 0 Å². The molecule has 4 aromatic rings. The van der Waals surface area contributed by atoms with Crippen molar-refractivity contribution in [2.24, 2.45) is 0 Å². The van der Waals surface area contributed by atoms with Gasteiger partial charge in [0.05, 0.1) is 11.3 Å². The van der Waals surface area contributed by atoms with Gasteiger partial charge in [0.25, 0.3) is 0 Å². The Kier molecular flexibility index (Phi) is 4.68. The Morgan fingerprint density at radius 3 is 2.58 bits per heavy atom. The van der Waals surface area contributed by atoms with Crippen LogP contribution in [-0.2, 0) is 16.0 Å². The van der Waals surface area contributed by atoms with Crippen LogP contribution in [0, 0.1) is 0 Å². The maximum atomic E-state index is 13.1. The fraction of sp³-hybridized carbons (Fsp3) is 0.400. The molecule has 174 valence electrons. The van der Waals surface area contributed by atoms with Gasteiger partial charge in [0.15, 0.2) is 32.0 Å². The molecule has 4 heterocycles. The molecule has 0 bridgehead atoms. The quantitative estimate of drug-likeness (QED) is 0.450. The predicted octanol–water partition coefficient (Wildman–Crippen LogP) is 3.61. The number of fused-ring (bicyclic) bond motifs is 2. The molecule has 0 spiro atoms. The summed E-state index contributed by atoms with van der Waals surface area (Å²) in [5.41, 5.74) is -0.769. The minimum absolute atomic E-state index is 0.0547. The second kappa shape index (κ2) is 7.14. The zero-order valence-electron chi connectivity index (χ0n) is 17.8. The van der Waals surface area contributed by atoms with Gasteiger partial charge in [-0.3, -0.25) is 0 Å². The third-order valence-electron chi connectivity index (χ3n) is 5.97. The Morgan fingerprint density at radius 1 is 1.18 bits per heavy atom. The fourth-order valence-electron chi connectivity index (χ4n) is 3.72. The number of aromatic nitrogens is 6. The standard InChI is InChI=1S/C20H20F3N7O2S/c1-3-19(7-8-19)26-13-5-9-24-17-15(18(28-30(13)17)33(31,32)4-2)16-25-14-11-12(20(21,22)23)6-10-29(14)27-16/h5-6,9-11,26H,3-4,7-8H2,1-2H3. The number of rotatable bonds is 6. The molecule has 1 aliphatic carbocycles. The third kappa shape index (κ3) is 3.59. The van der Waals surface area contributed by atoms with E-state index in [4.69, 9.17) is 0 Å². The predicted molar refractivity (Wildman–Crippen MR) is 114 cm³/mol. The summed E-state index contributed by atoms with van der Waals surface area (Å²) in [6.07, 6.45) is 0.964. The largest absolute Gasteiger partial charge is 0.416 e. The Balaban J connectivity index is 1.74. The van der Waals surface area contributed by atoms with Crippen molar-refractivity contribution in [2.75, 3.05) is 11.1 Å². The number of anilines is 1. The number of halogens is 3. The molecule has 0 atom stereocenters. The van der Waals surface area contributed by atoms with Crippen molar-refractivity contribution in [1.29, 1.82) is 0 Å². The Bertz CT molecular complexity index is 1490. The van der Waals surface area contributed by atoms with Crippen molar-refractivity contribution in [3.8, 4) is 11.4 Å². The Morgan fingerprint density at radius 2 is 1.94 bits per heavy atom. The van der Waals surface area contributed by atoms with E-state index < -0.39 is 21.6 Å². The molecule has 4 aromatic heterocycles. The molecule has 13 heteroatoms. The van der Waals surface area contributed by atoms with Crippen LogP contribution in [-0.4, -0.2) is 48.9 Å². The number of hydrogen-bond acceptors (Lipinski definition) is 7. The van der Waals surface area contributed by atoms with Crippen molar-refractivity contribution in [3.05, 3.63) is 36.2 Å². The average molecular weight is 479 g/mol. The molecule has 1 N–H and O–H groups in total. The van der Waals surface area contributed by atoms with E-state index in [1.807, 2.05) is 0 Å². The summed E-state index contributed by atoms with van der Waals surface area (Å²) < 4.78 is 67.7. The molecule has 1 saturated carbocycles. The highest BCUT2D eigenvalue weighted by molar-refractivity contribution is 7.91. The van der Waals surface area contributed by atoms with Crippen LogP contribution >= 0.6 is 0 Å². The van der Waals surface area contributed by atoms with Gasteiger partial charge in [0, 0.05) is 17.9 Å². The second-order valence-electron chi connectivity index (χ2n) is 8.06. The molecule has 1 aliphatic rings. The first-order valence-corrected chi connectivity index (χ1v) is 12.0. The normalized spacial score (nSPS) is 15.9. The van der Waals surface area contributed by atoms with Gasteiger partial charge in [-0.1, -0.05) is 13.8 Å².